The molecule has 2 rings (SSSR count). The Morgan fingerprint density at radius 2 is 1.95 bits per heavy atom. The SMILES string of the molecule is CCCC(=O)Nc1ccc(NC(C)=O)cc1N1CCOCC1. The Balaban J connectivity index is 2.25. The second kappa shape index (κ2) is 7.79. The predicted molar refractivity (Wildman–Crippen MR) is 87.3 cm³/mol. The molecular weight excluding hydrogens is 282 g/mol. The van der Waals surface area contributed by atoms with Crippen LogP contribution in [-0.4, -0.2) is 38.1 Å². The molecule has 0 spiro atoms. The van der Waals surface area contributed by atoms with Crippen molar-refractivity contribution in [2.75, 3.05) is 41.8 Å². The summed E-state index contributed by atoms with van der Waals surface area (Å²) in [6.45, 7) is 6.30. The van der Waals surface area contributed by atoms with Crippen LogP contribution in [0.5, 0.6) is 0 Å². The Morgan fingerprint density at radius 1 is 1.23 bits per heavy atom. The number of carbonyl (C=O) groups is 2. The minimum absolute atomic E-state index is 0.00397. The molecule has 6 heteroatoms. The number of benzene rings is 1. The third-order valence-electron chi connectivity index (χ3n) is 3.42. The Hall–Kier alpha value is -2.08. The van der Waals surface area contributed by atoms with E-state index in [1.807, 2.05) is 19.1 Å². The van der Waals surface area contributed by atoms with Crippen LogP contribution in [-0.2, 0) is 14.3 Å². The highest BCUT2D eigenvalue weighted by Crippen LogP contribution is 2.30. The van der Waals surface area contributed by atoms with Crippen LogP contribution < -0.4 is 15.5 Å². The van der Waals surface area contributed by atoms with Crippen LogP contribution in [0.1, 0.15) is 26.7 Å². The number of anilines is 3. The lowest BCUT2D eigenvalue weighted by molar-refractivity contribution is -0.116. The summed E-state index contributed by atoms with van der Waals surface area (Å²) in [5.74, 6) is -0.111. The van der Waals surface area contributed by atoms with Crippen LogP contribution in [0.3, 0.4) is 0 Å². The Bertz CT molecular complexity index is 539. The number of morpholine rings is 1. The molecule has 0 radical (unpaired) electrons. The Labute approximate surface area is 130 Å². The molecule has 1 fully saturated rings. The van der Waals surface area contributed by atoms with E-state index in [2.05, 4.69) is 15.5 Å². The first-order valence-corrected chi connectivity index (χ1v) is 7.64. The lowest BCUT2D eigenvalue weighted by Crippen LogP contribution is -2.36. The molecule has 0 bridgehead atoms. The van der Waals surface area contributed by atoms with Crippen LogP contribution >= 0.6 is 0 Å². The summed E-state index contributed by atoms with van der Waals surface area (Å²) in [6.07, 6.45) is 1.30. The van der Waals surface area contributed by atoms with Gasteiger partial charge in [-0.15, -0.1) is 0 Å². The van der Waals surface area contributed by atoms with E-state index in [-0.39, 0.29) is 11.8 Å². The molecule has 2 amide bonds. The number of carbonyl (C=O) groups excluding carboxylic acids is 2. The van der Waals surface area contributed by atoms with Crippen LogP contribution in [0.4, 0.5) is 17.1 Å². The van der Waals surface area contributed by atoms with Crippen molar-refractivity contribution in [3.8, 4) is 0 Å². The molecule has 1 heterocycles. The zero-order chi connectivity index (χ0) is 15.9. The van der Waals surface area contributed by atoms with Gasteiger partial charge in [-0.1, -0.05) is 6.92 Å². The normalized spacial score (nSPS) is 14.5. The van der Waals surface area contributed by atoms with Crippen molar-refractivity contribution in [3.63, 3.8) is 0 Å². The predicted octanol–water partition coefficient (Wildman–Crippen LogP) is 2.22. The number of nitrogens with one attached hydrogen (secondary N) is 2. The molecule has 0 saturated carbocycles. The molecular formula is C16H23N3O3. The molecule has 6 nitrogen and oxygen atoms in total. The van der Waals surface area contributed by atoms with Crippen LogP contribution in [0.2, 0.25) is 0 Å². The minimum atomic E-state index is -0.115. The van der Waals surface area contributed by atoms with E-state index in [9.17, 15) is 9.59 Å². The zero-order valence-electron chi connectivity index (χ0n) is 13.1. The van der Waals surface area contributed by atoms with E-state index in [0.29, 0.717) is 19.6 Å². The molecule has 0 atom stereocenters. The maximum absolute atomic E-state index is 11.9. The summed E-state index contributed by atoms with van der Waals surface area (Å²) in [5, 5.41) is 5.74. The first-order chi connectivity index (χ1) is 10.6. The fraction of sp³-hybridized carbons (Fsp3) is 0.500. The molecule has 1 aliphatic rings. The summed E-state index contributed by atoms with van der Waals surface area (Å²) in [7, 11) is 0. The van der Waals surface area contributed by atoms with Crippen molar-refractivity contribution >= 4 is 28.9 Å². The second-order valence-corrected chi connectivity index (χ2v) is 5.31. The monoisotopic (exact) mass is 305 g/mol. The van der Waals surface area contributed by atoms with E-state index < -0.39 is 0 Å². The lowest BCUT2D eigenvalue weighted by Gasteiger charge is -2.31. The maximum atomic E-state index is 11.9. The van der Waals surface area contributed by atoms with Gasteiger partial charge in [-0.25, -0.2) is 0 Å². The molecule has 22 heavy (non-hydrogen) atoms. The molecule has 0 aromatic heterocycles. The second-order valence-electron chi connectivity index (χ2n) is 5.31. The third-order valence-corrected chi connectivity index (χ3v) is 3.42. The molecule has 1 aromatic carbocycles. The zero-order valence-corrected chi connectivity index (χ0v) is 13.1. The number of hydrogen-bond acceptors (Lipinski definition) is 4. The van der Waals surface area contributed by atoms with Gasteiger partial charge in [0.05, 0.1) is 24.6 Å². The Morgan fingerprint density at radius 3 is 2.59 bits per heavy atom. The van der Waals surface area contributed by atoms with Crippen LogP contribution in [0, 0.1) is 0 Å². The number of nitrogens with zero attached hydrogens (tertiary/aromatic N) is 1. The number of ether oxygens (including phenoxy) is 1. The largest absolute Gasteiger partial charge is 0.378 e. The fourth-order valence-electron chi connectivity index (χ4n) is 2.42. The molecule has 120 valence electrons. The average molecular weight is 305 g/mol. The smallest absolute Gasteiger partial charge is 0.224 e. The molecule has 1 saturated heterocycles. The van der Waals surface area contributed by atoms with E-state index in [1.165, 1.54) is 6.92 Å². The summed E-state index contributed by atoms with van der Waals surface area (Å²) in [5.41, 5.74) is 2.41. The van der Waals surface area contributed by atoms with Gasteiger partial charge in [0.1, 0.15) is 0 Å². The average Bonchev–Trinajstić information content (AvgIpc) is 2.49. The van der Waals surface area contributed by atoms with E-state index >= 15 is 0 Å². The van der Waals surface area contributed by atoms with Crippen molar-refractivity contribution in [1.82, 2.24) is 0 Å². The van der Waals surface area contributed by atoms with Crippen molar-refractivity contribution in [1.29, 1.82) is 0 Å². The number of amides is 2. The van der Waals surface area contributed by atoms with Crippen LogP contribution in [0.15, 0.2) is 18.2 Å². The Kier molecular flexibility index (Phi) is 5.77. The fourth-order valence-corrected chi connectivity index (χ4v) is 2.42. The first kappa shape index (κ1) is 16.3. The van der Waals surface area contributed by atoms with Crippen molar-refractivity contribution in [2.24, 2.45) is 0 Å². The highest BCUT2D eigenvalue weighted by Gasteiger charge is 2.17. The van der Waals surface area contributed by atoms with Gasteiger partial charge in [-0.05, 0) is 24.6 Å². The van der Waals surface area contributed by atoms with E-state index in [4.69, 9.17) is 4.74 Å². The van der Waals surface area contributed by atoms with E-state index in [0.717, 1.165) is 36.6 Å². The maximum Gasteiger partial charge on any atom is 0.224 e. The highest BCUT2D eigenvalue weighted by atomic mass is 16.5. The highest BCUT2D eigenvalue weighted by molar-refractivity contribution is 5.96. The molecule has 0 unspecified atom stereocenters. The van der Waals surface area contributed by atoms with Gasteiger partial charge in [0.2, 0.25) is 11.8 Å². The van der Waals surface area contributed by atoms with Crippen molar-refractivity contribution < 1.29 is 14.3 Å². The van der Waals surface area contributed by atoms with E-state index in [1.54, 1.807) is 6.07 Å². The van der Waals surface area contributed by atoms with Gasteiger partial charge in [0.25, 0.3) is 0 Å². The summed E-state index contributed by atoms with van der Waals surface area (Å²) in [6, 6.07) is 5.53. The number of rotatable bonds is 5. The standard InChI is InChI=1S/C16H23N3O3/c1-3-4-16(21)18-14-6-5-13(17-12(2)20)11-15(14)19-7-9-22-10-8-19/h5-6,11H,3-4,7-10H2,1-2H3,(H,17,20)(H,18,21). The first-order valence-electron chi connectivity index (χ1n) is 7.64. The van der Waals surface area contributed by atoms with Crippen LogP contribution in [0.25, 0.3) is 0 Å². The van der Waals surface area contributed by atoms with Gasteiger partial charge in [0.15, 0.2) is 0 Å². The van der Waals surface area contributed by atoms with Gasteiger partial charge in [0, 0.05) is 32.1 Å². The summed E-state index contributed by atoms with van der Waals surface area (Å²) in [4.78, 5) is 25.3. The van der Waals surface area contributed by atoms with Gasteiger partial charge >= 0.3 is 0 Å². The summed E-state index contributed by atoms with van der Waals surface area (Å²) < 4.78 is 5.38. The lowest BCUT2D eigenvalue weighted by atomic mass is 10.2. The van der Waals surface area contributed by atoms with Gasteiger partial charge in [-0.2, -0.15) is 0 Å². The van der Waals surface area contributed by atoms with Crippen molar-refractivity contribution in [2.45, 2.75) is 26.7 Å². The third kappa shape index (κ3) is 4.46. The quantitative estimate of drug-likeness (QED) is 0.875. The molecule has 0 aliphatic carbocycles. The number of hydrogen-bond donors (Lipinski definition) is 2. The minimum Gasteiger partial charge on any atom is -0.378 e. The summed E-state index contributed by atoms with van der Waals surface area (Å²) >= 11 is 0. The van der Waals surface area contributed by atoms with Gasteiger partial charge in [-0.3, -0.25) is 9.59 Å². The van der Waals surface area contributed by atoms with Gasteiger partial charge < -0.3 is 20.3 Å². The topological polar surface area (TPSA) is 70.7 Å². The molecule has 1 aromatic rings. The van der Waals surface area contributed by atoms with Crippen molar-refractivity contribution in [3.05, 3.63) is 18.2 Å². The molecule has 2 N–H and O–H groups in total. The molecule has 1 aliphatic heterocycles.